The monoisotopic (exact) mass is 181 g/mol. The van der Waals surface area contributed by atoms with Crippen LogP contribution in [-0.4, -0.2) is 22.3 Å². The van der Waals surface area contributed by atoms with E-state index in [1.807, 2.05) is 0 Å². The van der Waals surface area contributed by atoms with Gasteiger partial charge in [-0.3, -0.25) is 14.6 Å². The van der Waals surface area contributed by atoms with Gasteiger partial charge in [-0.05, 0) is 12.1 Å². The Balaban J connectivity index is 2.86. The molecule has 0 aliphatic carbocycles. The van der Waals surface area contributed by atoms with Crippen molar-refractivity contribution in [2.24, 2.45) is 0 Å². The van der Waals surface area contributed by atoms with Crippen molar-refractivity contribution in [1.29, 1.82) is 0 Å². The Morgan fingerprint density at radius 3 is 2.67 bits per heavy atom. The maximum atomic E-state index is 11.1. The molecule has 1 aromatic rings. The maximum absolute atomic E-state index is 11.1. The van der Waals surface area contributed by atoms with Crippen LogP contribution in [0.25, 0.3) is 0 Å². The molecule has 1 heterocycles. The summed E-state index contributed by atoms with van der Waals surface area (Å²) in [5, 5.41) is 0. The van der Waals surface area contributed by atoms with Crippen LogP contribution in [0.1, 0.15) is 10.5 Å². The highest BCUT2D eigenvalue weighted by Crippen LogP contribution is 1.96. The van der Waals surface area contributed by atoms with E-state index in [9.17, 15) is 9.59 Å². The number of aromatic nitrogens is 1. The Bertz CT molecular complexity index is 297. The number of nitrogens with zero attached hydrogens (tertiary/aromatic N) is 1. The minimum Gasteiger partial charge on any atom is -0.289 e. The molecule has 1 rings (SSSR count). The largest absolute Gasteiger partial charge is 0.289 e. The van der Waals surface area contributed by atoms with E-state index in [1.54, 1.807) is 12.1 Å². The zero-order valence-corrected chi connectivity index (χ0v) is 7.12. The van der Waals surface area contributed by atoms with E-state index in [0.717, 1.165) is 0 Å². The number of thiol groups is 1. The quantitative estimate of drug-likeness (QED) is 0.425. The Morgan fingerprint density at radius 1 is 1.42 bits per heavy atom. The SMILES string of the molecule is O=C(CS)C(=O)c1ccccn1. The number of pyridine rings is 1. The first-order valence-electron chi connectivity index (χ1n) is 3.35. The minimum atomic E-state index is -0.578. The number of hydrogen-bond acceptors (Lipinski definition) is 4. The molecule has 0 amide bonds. The summed E-state index contributed by atoms with van der Waals surface area (Å²) < 4.78 is 0. The predicted molar refractivity (Wildman–Crippen MR) is 47.4 cm³/mol. The average molecular weight is 181 g/mol. The van der Waals surface area contributed by atoms with Crippen molar-refractivity contribution >= 4 is 24.2 Å². The summed E-state index contributed by atoms with van der Waals surface area (Å²) in [6.45, 7) is 0. The van der Waals surface area contributed by atoms with E-state index in [0.29, 0.717) is 0 Å². The summed E-state index contributed by atoms with van der Waals surface area (Å²) in [5.74, 6) is -1.18. The second-order valence-electron chi connectivity index (χ2n) is 2.13. The van der Waals surface area contributed by atoms with Gasteiger partial charge in [-0.1, -0.05) is 6.07 Å². The summed E-state index contributed by atoms with van der Waals surface area (Å²) in [4.78, 5) is 25.7. The lowest BCUT2D eigenvalue weighted by Crippen LogP contribution is -2.16. The number of carbonyl (C=O) groups is 2. The highest BCUT2D eigenvalue weighted by atomic mass is 32.1. The van der Waals surface area contributed by atoms with Crippen molar-refractivity contribution in [3.05, 3.63) is 30.1 Å². The first-order chi connectivity index (χ1) is 5.75. The molecule has 62 valence electrons. The van der Waals surface area contributed by atoms with Crippen LogP contribution in [-0.2, 0) is 4.79 Å². The molecule has 4 heteroatoms. The molecule has 0 aliphatic rings. The van der Waals surface area contributed by atoms with Crippen molar-refractivity contribution in [2.45, 2.75) is 0 Å². The molecule has 0 unspecified atom stereocenters. The molecule has 0 aromatic carbocycles. The van der Waals surface area contributed by atoms with Gasteiger partial charge in [-0.15, -0.1) is 0 Å². The molecule has 1 aromatic heterocycles. The van der Waals surface area contributed by atoms with Crippen LogP contribution in [0.3, 0.4) is 0 Å². The summed E-state index contributed by atoms with van der Waals surface area (Å²) in [5.41, 5.74) is 0.177. The fourth-order valence-corrected chi connectivity index (χ4v) is 0.855. The molecule has 0 fully saturated rings. The highest BCUT2D eigenvalue weighted by molar-refractivity contribution is 7.81. The Hall–Kier alpha value is -1.16. The van der Waals surface area contributed by atoms with Gasteiger partial charge in [0.05, 0.1) is 5.75 Å². The molecule has 0 aliphatic heterocycles. The van der Waals surface area contributed by atoms with E-state index >= 15 is 0 Å². The number of hydrogen-bond donors (Lipinski definition) is 1. The fourth-order valence-electron chi connectivity index (χ4n) is 0.712. The van der Waals surface area contributed by atoms with Gasteiger partial charge >= 0.3 is 0 Å². The Morgan fingerprint density at radius 2 is 2.17 bits per heavy atom. The highest BCUT2D eigenvalue weighted by Gasteiger charge is 2.14. The van der Waals surface area contributed by atoms with Gasteiger partial charge < -0.3 is 0 Å². The molecule has 0 radical (unpaired) electrons. The zero-order valence-electron chi connectivity index (χ0n) is 6.23. The lowest BCUT2D eigenvalue weighted by Gasteiger charge is -1.94. The third-order valence-corrected chi connectivity index (χ3v) is 1.58. The Kier molecular flexibility index (Phi) is 2.99. The Labute approximate surface area is 75.2 Å². The minimum absolute atomic E-state index is 0.0740. The molecule has 0 bridgehead atoms. The lowest BCUT2D eigenvalue weighted by molar-refractivity contribution is -0.112. The molecule has 0 saturated heterocycles. The molecule has 0 spiro atoms. The molecule has 12 heavy (non-hydrogen) atoms. The van der Waals surface area contributed by atoms with Crippen LogP contribution in [0.5, 0.6) is 0 Å². The van der Waals surface area contributed by atoms with Crippen molar-refractivity contribution in [3.8, 4) is 0 Å². The molecule has 0 N–H and O–H groups in total. The van der Waals surface area contributed by atoms with Crippen molar-refractivity contribution in [1.82, 2.24) is 4.98 Å². The van der Waals surface area contributed by atoms with Gasteiger partial charge in [-0.25, -0.2) is 0 Å². The van der Waals surface area contributed by atoms with Crippen LogP contribution in [0.2, 0.25) is 0 Å². The topological polar surface area (TPSA) is 47.0 Å². The molecule has 0 saturated carbocycles. The van der Waals surface area contributed by atoms with Crippen molar-refractivity contribution in [2.75, 3.05) is 5.75 Å². The van der Waals surface area contributed by atoms with Gasteiger partial charge in [0.1, 0.15) is 5.69 Å². The van der Waals surface area contributed by atoms with Gasteiger partial charge in [0, 0.05) is 6.20 Å². The predicted octanol–water partition coefficient (Wildman–Crippen LogP) is 0.763. The van der Waals surface area contributed by atoms with Crippen molar-refractivity contribution < 1.29 is 9.59 Å². The van der Waals surface area contributed by atoms with E-state index in [-0.39, 0.29) is 11.4 Å². The van der Waals surface area contributed by atoms with Gasteiger partial charge in [0.2, 0.25) is 11.6 Å². The smallest absolute Gasteiger partial charge is 0.247 e. The van der Waals surface area contributed by atoms with Crippen LogP contribution in [0.15, 0.2) is 24.4 Å². The van der Waals surface area contributed by atoms with Crippen LogP contribution in [0.4, 0.5) is 0 Å². The third-order valence-electron chi connectivity index (χ3n) is 1.29. The second-order valence-corrected chi connectivity index (χ2v) is 2.44. The summed E-state index contributed by atoms with van der Waals surface area (Å²) >= 11 is 3.71. The third kappa shape index (κ3) is 1.92. The van der Waals surface area contributed by atoms with Gasteiger partial charge in [0.25, 0.3) is 0 Å². The van der Waals surface area contributed by atoms with Gasteiger partial charge in [-0.2, -0.15) is 12.6 Å². The second kappa shape index (κ2) is 4.01. The molecular formula is C8H7NO2S. The maximum Gasteiger partial charge on any atom is 0.247 e. The number of Topliss-reactive ketones (excluding diaryl/α,β-unsaturated/α-hetero) is 2. The van der Waals surface area contributed by atoms with Crippen LogP contribution >= 0.6 is 12.6 Å². The van der Waals surface area contributed by atoms with E-state index < -0.39 is 11.6 Å². The van der Waals surface area contributed by atoms with Crippen molar-refractivity contribution in [3.63, 3.8) is 0 Å². The molecular weight excluding hydrogens is 174 g/mol. The molecule has 3 nitrogen and oxygen atoms in total. The van der Waals surface area contributed by atoms with E-state index in [4.69, 9.17) is 0 Å². The first kappa shape index (κ1) is 8.93. The normalized spacial score (nSPS) is 9.42. The standard InChI is InChI=1S/C8H7NO2S/c10-7(5-12)8(11)6-3-1-2-4-9-6/h1-4,12H,5H2. The number of rotatable bonds is 3. The summed E-state index contributed by atoms with van der Waals surface area (Å²) in [6, 6.07) is 4.84. The lowest BCUT2D eigenvalue weighted by atomic mass is 10.2. The van der Waals surface area contributed by atoms with E-state index in [1.165, 1.54) is 12.3 Å². The zero-order chi connectivity index (χ0) is 8.97. The number of ketones is 2. The van der Waals surface area contributed by atoms with Crippen LogP contribution in [0, 0.1) is 0 Å². The summed E-state index contributed by atoms with van der Waals surface area (Å²) in [6.07, 6.45) is 1.47. The van der Waals surface area contributed by atoms with Crippen LogP contribution < -0.4 is 0 Å². The average Bonchev–Trinajstić information content (AvgIpc) is 2.17. The fraction of sp³-hybridized carbons (Fsp3) is 0.125. The number of carbonyl (C=O) groups excluding carboxylic acids is 2. The van der Waals surface area contributed by atoms with E-state index in [2.05, 4.69) is 17.6 Å². The molecule has 0 atom stereocenters. The summed E-state index contributed by atoms with van der Waals surface area (Å²) in [7, 11) is 0. The van der Waals surface area contributed by atoms with Gasteiger partial charge in [0.15, 0.2) is 0 Å². The first-order valence-corrected chi connectivity index (χ1v) is 3.98.